The van der Waals surface area contributed by atoms with E-state index in [9.17, 15) is 27.2 Å². The van der Waals surface area contributed by atoms with Crippen molar-refractivity contribution in [1.82, 2.24) is 9.97 Å². The highest BCUT2D eigenvalue weighted by atomic mass is 35.5. The Morgan fingerprint density at radius 1 is 0.868 bits per heavy atom. The van der Waals surface area contributed by atoms with Crippen molar-refractivity contribution in [2.24, 2.45) is 5.11 Å². The Bertz CT molecular complexity index is 1240. The number of carboxylic acid groups (broad SMARTS) is 1. The summed E-state index contributed by atoms with van der Waals surface area (Å²) in [6.07, 6.45) is 1.68. The van der Waals surface area contributed by atoms with Gasteiger partial charge >= 0.3 is 5.97 Å². The van der Waals surface area contributed by atoms with Gasteiger partial charge in [0.1, 0.15) is 11.4 Å². The van der Waals surface area contributed by atoms with Crippen molar-refractivity contribution in [1.29, 1.82) is 0 Å². The number of anilines is 2. The Labute approximate surface area is 223 Å². The van der Waals surface area contributed by atoms with E-state index >= 15 is 0 Å². The van der Waals surface area contributed by atoms with Gasteiger partial charge in [0.05, 0.1) is 33.8 Å². The molecule has 0 radical (unpaired) electrons. The molecule has 4 heterocycles. The van der Waals surface area contributed by atoms with E-state index in [-0.39, 0.29) is 73.3 Å². The Morgan fingerprint density at radius 3 is 1.63 bits per heavy atom. The van der Waals surface area contributed by atoms with Crippen LogP contribution in [0.15, 0.2) is 29.6 Å². The van der Waals surface area contributed by atoms with Crippen molar-refractivity contribution in [2.75, 3.05) is 36.0 Å². The lowest BCUT2D eigenvalue weighted by atomic mass is 10.1. The monoisotopic (exact) mass is 577 g/mol. The van der Waals surface area contributed by atoms with Crippen molar-refractivity contribution in [3.63, 3.8) is 0 Å². The van der Waals surface area contributed by atoms with Gasteiger partial charge in [-0.2, -0.15) is 0 Å². The van der Waals surface area contributed by atoms with E-state index in [4.69, 9.17) is 33.8 Å². The number of hydrogen-bond acceptors (Lipinski definition) is 6. The topological polar surface area (TPSA) is 135 Å². The van der Waals surface area contributed by atoms with Crippen LogP contribution in [0.3, 0.4) is 0 Å². The minimum Gasteiger partial charge on any atom is -0.477 e. The average Bonchev–Trinajstić information content (AvgIpc) is 2.85. The number of rotatable bonds is 4. The normalized spacial score (nSPS) is 18.1. The first-order valence-electron chi connectivity index (χ1n) is 11.2. The molecule has 0 spiro atoms. The number of carboxylic acids is 1. The van der Waals surface area contributed by atoms with Crippen LogP contribution in [0.4, 0.5) is 28.9 Å². The zero-order valence-electron chi connectivity index (χ0n) is 19.6. The molecule has 16 heteroatoms. The van der Waals surface area contributed by atoms with Crippen LogP contribution in [0, 0.1) is 0 Å². The van der Waals surface area contributed by atoms with E-state index in [2.05, 4.69) is 20.0 Å². The summed E-state index contributed by atoms with van der Waals surface area (Å²) in [7, 11) is 0. The molecule has 10 nitrogen and oxygen atoms in total. The van der Waals surface area contributed by atoms with E-state index in [1.165, 1.54) is 24.5 Å². The molecule has 1 amide bonds. The fraction of sp³-hybridized carbons (Fsp3) is 0.455. The summed E-state index contributed by atoms with van der Waals surface area (Å²) in [6, 6.07) is 2.49. The molecule has 0 saturated carbocycles. The van der Waals surface area contributed by atoms with Crippen LogP contribution in [0.2, 0.25) is 10.0 Å². The van der Waals surface area contributed by atoms with E-state index in [0.29, 0.717) is 11.4 Å². The van der Waals surface area contributed by atoms with Crippen molar-refractivity contribution < 1.29 is 32.3 Å². The lowest BCUT2D eigenvalue weighted by molar-refractivity contribution is -0.0226. The number of piperidine rings is 2. The molecule has 1 N–H and O–H groups in total. The molecule has 2 saturated heterocycles. The van der Waals surface area contributed by atoms with Crippen LogP contribution < -0.4 is 9.80 Å². The summed E-state index contributed by atoms with van der Waals surface area (Å²) in [5, 5.41) is 12.1. The van der Waals surface area contributed by atoms with Gasteiger partial charge in [-0.1, -0.05) is 23.2 Å². The van der Waals surface area contributed by atoms with E-state index < -0.39 is 23.7 Å². The van der Waals surface area contributed by atoms with Gasteiger partial charge in [0.25, 0.3) is 17.8 Å². The SMILES string of the molecule is O=C(O)c1cc(Cl)c(N2CCC(F)(F)CC2)cn1.[N-]=[N+]=NC(=O)c1cc(Cl)c(N2CCC(F)(F)CC2)cn1. The molecule has 2 aromatic heterocycles. The van der Waals surface area contributed by atoms with Gasteiger partial charge in [-0.25, -0.2) is 27.3 Å². The molecule has 0 aliphatic carbocycles. The zero-order chi connectivity index (χ0) is 28.1. The number of carbonyl (C=O) groups is 2. The van der Waals surface area contributed by atoms with Crippen molar-refractivity contribution in [3.05, 3.63) is 56.4 Å². The number of aromatic carboxylic acids is 1. The number of azide groups is 1. The smallest absolute Gasteiger partial charge is 0.354 e. The molecule has 2 fully saturated rings. The van der Waals surface area contributed by atoms with Gasteiger partial charge in [-0.05, 0) is 22.8 Å². The fourth-order valence-electron chi connectivity index (χ4n) is 3.79. The number of hydrogen-bond donors (Lipinski definition) is 1. The van der Waals surface area contributed by atoms with E-state index in [1.54, 1.807) is 9.80 Å². The number of amides is 1. The molecule has 0 bridgehead atoms. The highest BCUT2D eigenvalue weighted by Gasteiger charge is 2.35. The van der Waals surface area contributed by atoms with Crippen molar-refractivity contribution >= 4 is 46.5 Å². The highest BCUT2D eigenvalue weighted by Crippen LogP contribution is 2.34. The van der Waals surface area contributed by atoms with Gasteiger partial charge in [-0.15, -0.1) is 0 Å². The lowest BCUT2D eigenvalue weighted by Gasteiger charge is -2.33. The Kier molecular flexibility index (Phi) is 9.23. The first kappa shape index (κ1) is 29.2. The molecule has 204 valence electrons. The zero-order valence-corrected chi connectivity index (χ0v) is 21.1. The number of aromatic nitrogens is 2. The maximum absolute atomic E-state index is 13.1. The number of nitrogens with zero attached hydrogens (tertiary/aromatic N) is 7. The third-order valence-electron chi connectivity index (χ3n) is 5.91. The van der Waals surface area contributed by atoms with Gasteiger partial charge < -0.3 is 14.9 Å². The molecule has 0 atom stereocenters. The summed E-state index contributed by atoms with van der Waals surface area (Å²) in [4.78, 5) is 35.3. The molecule has 2 aliphatic rings. The maximum atomic E-state index is 13.1. The fourth-order valence-corrected chi connectivity index (χ4v) is 4.33. The van der Waals surface area contributed by atoms with Gasteiger partial charge in [-0.3, -0.25) is 9.78 Å². The Morgan fingerprint density at radius 2 is 1.26 bits per heavy atom. The van der Waals surface area contributed by atoms with Crippen molar-refractivity contribution in [2.45, 2.75) is 37.5 Å². The number of carbonyl (C=O) groups excluding carboxylic acids is 1. The second-order valence-electron chi connectivity index (χ2n) is 8.53. The molecule has 0 unspecified atom stereocenters. The second kappa shape index (κ2) is 12.0. The third-order valence-corrected chi connectivity index (χ3v) is 6.52. The quantitative estimate of drug-likeness (QED) is 0.201. The van der Waals surface area contributed by atoms with Gasteiger partial charge in [0.15, 0.2) is 0 Å². The molecule has 2 aliphatic heterocycles. The largest absolute Gasteiger partial charge is 0.477 e. The van der Waals surface area contributed by atoms with Crippen LogP contribution in [0.5, 0.6) is 0 Å². The summed E-state index contributed by atoms with van der Waals surface area (Å²) >= 11 is 12.0. The Balaban J connectivity index is 0.000000212. The van der Waals surface area contributed by atoms with Crippen molar-refractivity contribution in [3.8, 4) is 0 Å². The maximum Gasteiger partial charge on any atom is 0.354 e. The van der Waals surface area contributed by atoms with Gasteiger partial charge in [0, 0.05) is 56.8 Å². The molecule has 0 aromatic carbocycles. The van der Waals surface area contributed by atoms with Crippen LogP contribution in [0.25, 0.3) is 10.4 Å². The summed E-state index contributed by atoms with van der Waals surface area (Å²) in [5.74, 6) is -7.29. The number of pyridine rings is 2. The minimum atomic E-state index is -2.65. The van der Waals surface area contributed by atoms with Crippen LogP contribution in [-0.2, 0) is 0 Å². The standard InChI is InChI=1S/C11H10ClF2N5O.C11H11ClF2N2O2/c12-7-5-8(10(20)17-18-15)16-6-9(7)19-3-1-11(13,14)2-4-19;12-7-5-8(10(17)18)15-6-9(7)16-3-1-11(13,14)2-4-16/h5-6H,1-4H2;5-6H,1-4H2,(H,17,18). The molecular formula is C22H21Cl2F4N7O3. The number of alkyl halides is 4. The molecule has 38 heavy (non-hydrogen) atoms. The summed E-state index contributed by atoms with van der Waals surface area (Å²) in [6.45, 7) is 0.692. The third kappa shape index (κ3) is 7.59. The first-order chi connectivity index (χ1) is 17.8. The highest BCUT2D eigenvalue weighted by molar-refractivity contribution is 6.33. The van der Waals surface area contributed by atoms with Crippen LogP contribution >= 0.6 is 23.2 Å². The predicted molar refractivity (Wildman–Crippen MR) is 132 cm³/mol. The molecule has 4 rings (SSSR count). The van der Waals surface area contributed by atoms with Crippen LogP contribution in [-0.4, -0.2) is 65.0 Å². The minimum absolute atomic E-state index is 0.0844. The average molecular weight is 578 g/mol. The number of halogens is 6. The Hall–Kier alpha value is -3.35. The lowest BCUT2D eigenvalue weighted by Crippen LogP contribution is -2.39. The second-order valence-corrected chi connectivity index (χ2v) is 9.34. The first-order valence-corrected chi connectivity index (χ1v) is 12.0. The summed E-state index contributed by atoms with van der Waals surface area (Å²) < 4.78 is 52.2. The molecular weight excluding hydrogens is 557 g/mol. The van der Waals surface area contributed by atoms with E-state index in [1.807, 2.05) is 0 Å². The predicted octanol–water partition coefficient (Wildman–Crippen LogP) is 6.09. The van der Waals surface area contributed by atoms with Gasteiger partial charge in [0.2, 0.25) is 0 Å². The van der Waals surface area contributed by atoms with E-state index in [0.717, 1.165) is 0 Å². The molecule has 2 aromatic rings. The van der Waals surface area contributed by atoms with Crippen LogP contribution in [0.1, 0.15) is 46.7 Å². The summed E-state index contributed by atoms with van der Waals surface area (Å²) in [5.41, 5.74) is 8.91.